The van der Waals surface area contributed by atoms with Gasteiger partial charge >= 0.3 is 5.97 Å². The summed E-state index contributed by atoms with van der Waals surface area (Å²) in [5, 5.41) is 3.01. The Kier molecular flexibility index (Phi) is 9.06. The first-order chi connectivity index (χ1) is 14.3. The summed E-state index contributed by atoms with van der Waals surface area (Å²) in [7, 11) is 0. The minimum absolute atomic E-state index is 0.0555. The Morgan fingerprint density at radius 3 is 2.67 bits per heavy atom. The van der Waals surface area contributed by atoms with Gasteiger partial charge in [-0.05, 0) is 57.7 Å². The van der Waals surface area contributed by atoms with Crippen molar-refractivity contribution in [3.63, 3.8) is 0 Å². The fourth-order valence-corrected chi connectivity index (χ4v) is 3.40. The van der Waals surface area contributed by atoms with Crippen molar-refractivity contribution >= 4 is 11.9 Å². The van der Waals surface area contributed by atoms with E-state index in [1.54, 1.807) is 37.3 Å². The number of rotatable bonds is 8. The molecule has 1 fully saturated rings. The Labute approximate surface area is 179 Å². The van der Waals surface area contributed by atoms with E-state index in [0.717, 1.165) is 18.4 Å². The fraction of sp³-hybridized carbons (Fsp3) is 0.440. The van der Waals surface area contributed by atoms with Gasteiger partial charge < -0.3 is 14.8 Å². The van der Waals surface area contributed by atoms with E-state index in [9.17, 15) is 9.59 Å². The minimum Gasteiger partial charge on any atom is -0.455 e. The molecule has 30 heavy (non-hydrogen) atoms. The predicted molar refractivity (Wildman–Crippen MR) is 119 cm³/mol. The maximum atomic E-state index is 12.3. The van der Waals surface area contributed by atoms with Gasteiger partial charge in [-0.3, -0.25) is 4.79 Å². The second-order valence-corrected chi connectivity index (χ2v) is 7.93. The number of carbonyl (C=O) groups is 2. The van der Waals surface area contributed by atoms with Crippen LogP contribution in [0.25, 0.3) is 0 Å². The molecule has 1 saturated heterocycles. The Balaban J connectivity index is 1.82. The summed E-state index contributed by atoms with van der Waals surface area (Å²) in [6, 6.07) is 8.72. The van der Waals surface area contributed by atoms with Crippen LogP contribution in [0.4, 0.5) is 0 Å². The number of nitrogens with one attached hydrogen (secondary N) is 1. The molecule has 1 aliphatic heterocycles. The summed E-state index contributed by atoms with van der Waals surface area (Å²) in [6.07, 6.45) is 8.23. The number of amides is 1. The number of carbonyl (C=O) groups excluding carboxylic acids is 2. The van der Waals surface area contributed by atoms with Gasteiger partial charge in [-0.2, -0.15) is 0 Å². The van der Waals surface area contributed by atoms with Crippen molar-refractivity contribution in [1.82, 2.24) is 5.32 Å². The molecule has 0 spiro atoms. The molecule has 5 nitrogen and oxygen atoms in total. The number of ether oxygens (including phenoxy) is 2. The third-order valence-electron chi connectivity index (χ3n) is 5.36. The van der Waals surface area contributed by atoms with E-state index in [0.29, 0.717) is 11.5 Å². The predicted octanol–water partition coefficient (Wildman–Crippen LogP) is 4.61. The van der Waals surface area contributed by atoms with Crippen molar-refractivity contribution in [3.05, 3.63) is 72.4 Å². The van der Waals surface area contributed by atoms with Crippen LogP contribution in [0.5, 0.6) is 0 Å². The SMILES string of the molecule is C=C/C(C)=C/C[C@@H]1O[C@H](C)[C@H](NC(=O)C=CC(C)OC(=O)c2ccccc2)C[C@@H]1C. The molecule has 0 aromatic heterocycles. The molecule has 1 aromatic carbocycles. The quantitative estimate of drug-likeness (QED) is 0.385. The number of allylic oxidation sites excluding steroid dienone is 2. The van der Waals surface area contributed by atoms with Crippen LogP contribution in [0.1, 0.15) is 50.9 Å². The zero-order valence-electron chi connectivity index (χ0n) is 18.3. The topological polar surface area (TPSA) is 64.6 Å². The molecule has 0 aliphatic carbocycles. The standard InChI is InChI=1S/C25H33NO4/c1-6-17(2)12-14-23-18(3)16-22(20(5)30-23)26-24(27)15-13-19(4)29-25(28)21-10-8-7-9-11-21/h6-13,15,18-20,22-23H,1,14,16H2,2-5H3,(H,26,27)/b15-13?,17-12+/t18-,19?,20+,22+,23-/m0/s1. The minimum atomic E-state index is -0.508. The molecule has 1 aliphatic rings. The van der Waals surface area contributed by atoms with E-state index in [-0.39, 0.29) is 24.2 Å². The first kappa shape index (κ1) is 23.6. The molecule has 0 bridgehead atoms. The molecule has 0 saturated carbocycles. The first-order valence-corrected chi connectivity index (χ1v) is 10.5. The fourth-order valence-electron chi connectivity index (χ4n) is 3.40. The summed E-state index contributed by atoms with van der Waals surface area (Å²) < 4.78 is 11.5. The van der Waals surface area contributed by atoms with Gasteiger partial charge in [-0.15, -0.1) is 0 Å². The van der Waals surface area contributed by atoms with E-state index in [1.807, 2.05) is 26.0 Å². The average Bonchev–Trinajstić information content (AvgIpc) is 2.74. The Morgan fingerprint density at radius 1 is 1.30 bits per heavy atom. The van der Waals surface area contributed by atoms with Crippen molar-refractivity contribution in [2.45, 2.75) is 64.9 Å². The Morgan fingerprint density at radius 2 is 2.00 bits per heavy atom. The lowest BCUT2D eigenvalue weighted by molar-refractivity contribution is -0.123. The molecule has 5 atom stereocenters. The van der Waals surface area contributed by atoms with Crippen molar-refractivity contribution in [1.29, 1.82) is 0 Å². The van der Waals surface area contributed by atoms with Crippen LogP contribution in [-0.2, 0) is 14.3 Å². The third kappa shape index (κ3) is 7.30. The zero-order chi connectivity index (χ0) is 22.1. The number of hydrogen-bond donors (Lipinski definition) is 1. The van der Waals surface area contributed by atoms with Gasteiger partial charge in [-0.25, -0.2) is 4.79 Å². The monoisotopic (exact) mass is 411 g/mol. The molecule has 162 valence electrons. The van der Waals surface area contributed by atoms with Crippen LogP contribution >= 0.6 is 0 Å². The van der Waals surface area contributed by atoms with Crippen LogP contribution in [0.15, 0.2) is 66.8 Å². The van der Waals surface area contributed by atoms with Gasteiger partial charge in [0.1, 0.15) is 6.10 Å². The largest absolute Gasteiger partial charge is 0.455 e. The smallest absolute Gasteiger partial charge is 0.338 e. The molecular formula is C25H33NO4. The van der Waals surface area contributed by atoms with Crippen LogP contribution in [0.3, 0.4) is 0 Å². The zero-order valence-corrected chi connectivity index (χ0v) is 18.3. The van der Waals surface area contributed by atoms with Gasteiger partial charge in [0.05, 0.1) is 23.8 Å². The first-order valence-electron chi connectivity index (χ1n) is 10.5. The molecule has 1 heterocycles. The van der Waals surface area contributed by atoms with Crippen LogP contribution < -0.4 is 5.32 Å². The second kappa shape index (κ2) is 11.5. The molecule has 0 radical (unpaired) electrons. The van der Waals surface area contributed by atoms with E-state index in [2.05, 4.69) is 24.9 Å². The maximum absolute atomic E-state index is 12.3. The van der Waals surface area contributed by atoms with Crippen LogP contribution in [0.2, 0.25) is 0 Å². The second-order valence-electron chi connectivity index (χ2n) is 7.93. The average molecular weight is 412 g/mol. The molecule has 1 unspecified atom stereocenters. The van der Waals surface area contributed by atoms with Gasteiger partial charge in [0, 0.05) is 6.08 Å². The lowest BCUT2D eigenvalue weighted by Crippen LogP contribution is -2.50. The highest BCUT2D eigenvalue weighted by Crippen LogP contribution is 2.27. The summed E-state index contributed by atoms with van der Waals surface area (Å²) in [5.41, 5.74) is 1.62. The highest BCUT2D eigenvalue weighted by atomic mass is 16.5. The number of hydrogen-bond acceptors (Lipinski definition) is 4. The van der Waals surface area contributed by atoms with Gasteiger partial charge in [0.15, 0.2) is 0 Å². The summed E-state index contributed by atoms with van der Waals surface area (Å²) in [5.74, 6) is -0.302. The van der Waals surface area contributed by atoms with Crippen molar-refractivity contribution in [3.8, 4) is 0 Å². The third-order valence-corrected chi connectivity index (χ3v) is 5.36. The maximum Gasteiger partial charge on any atom is 0.338 e. The van der Waals surface area contributed by atoms with E-state index < -0.39 is 12.1 Å². The van der Waals surface area contributed by atoms with Crippen LogP contribution in [0, 0.1) is 5.92 Å². The van der Waals surface area contributed by atoms with Crippen molar-refractivity contribution in [2.75, 3.05) is 0 Å². The summed E-state index contributed by atoms with van der Waals surface area (Å²) in [6.45, 7) is 11.7. The van der Waals surface area contributed by atoms with E-state index >= 15 is 0 Å². The lowest BCUT2D eigenvalue weighted by Gasteiger charge is -2.39. The molecule has 1 N–H and O–H groups in total. The summed E-state index contributed by atoms with van der Waals surface area (Å²) >= 11 is 0. The van der Waals surface area contributed by atoms with Gasteiger partial charge in [0.25, 0.3) is 0 Å². The highest BCUT2D eigenvalue weighted by Gasteiger charge is 2.33. The van der Waals surface area contributed by atoms with Gasteiger partial charge in [0.2, 0.25) is 5.91 Å². The highest BCUT2D eigenvalue weighted by molar-refractivity contribution is 5.90. The van der Waals surface area contributed by atoms with E-state index in [4.69, 9.17) is 9.47 Å². The Hall–Kier alpha value is -2.66. The molecule has 5 heteroatoms. The Bertz CT molecular complexity index is 784. The van der Waals surface area contributed by atoms with Crippen molar-refractivity contribution < 1.29 is 19.1 Å². The molecular weight excluding hydrogens is 378 g/mol. The lowest BCUT2D eigenvalue weighted by atomic mass is 9.88. The van der Waals surface area contributed by atoms with Crippen LogP contribution in [-0.4, -0.2) is 36.2 Å². The van der Waals surface area contributed by atoms with Crippen molar-refractivity contribution in [2.24, 2.45) is 5.92 Å². The summed E-state index contributed by atoms with van der Waals surface area (Å²) in [4.78, 5) is 24.4. The number of benzene rings is 1. The number of esters is 1. The van der Waals surface area contributed by atoms with E-state index in [1.165, 1.54) is 6.08 Å². The van der Waals surface area contributed by atoms with Gasteiger partial charge in [-0.1, -0.05) is 49.4 Å². The molecule has 1 amide bonds. The normalized spacial score (nSPS) is 25.5. The molecule has 1 aromatic rings. The molecule has 2 rings (SSSR count).